The fourth-order valence-electron chi connectivity index (χ4n) is 3.75. The van der Waals surface area contributed by atoms with Crippen molar-refractivity contribution in [2.24, 2.45) is 11.8 Å². The highest BCUT2D eigenvalue weighted by Crippen LogP contribution is 2.39. The third-order valence-electron chi connectivity index (χ3n) is 5.26. The van der Waals surface area contributed by atoms with E-state index in [1.807, 2.05) is 0 Å². The Morgan fingerprint density at radius 1 is 1.25 bits per heavy atom. The SMILES string of the molecule is CS(=O)(=O)c1ccc(C(=O)C2C(=O)CCCC2=O)c(Cl)c1C(O)C1CCOC1. The lowest BCUT2D eigenvalue weighted by molar-refractivity contribution is -0.133. The number of benzene rings is 1. The van der Waals surface area contributed by atoms with Gasteiger partial charge in [-0.15, -0.1) is 0 Å². The Morgan fingerprint density at radius 3 is 2.43 bits per heavy atom. The van der Waals surface area contributed by atoms with Crippen LogP contribution in [0.3, 0.4) is 0 Å². The number of sulfone groups is 1. The molecule has 2 unspecified atom stereocenters. The van der Waals surface area contributed by atoms with Gasteiger partial charge in [-0.05, 0) is 25.0 Å². The molecule has 1 aromatic rings. The number of hydrogen-bond acceptors (Lipinski definition) is 7. The van der Waals surface area contributed by atoms with Crippen LogP contribution in [0, 0.1) is 11.8 Å². The number of carbonyl (C=O) groups is 3. The van der Waals surface area contributed by atoms with Crippen molar-refractivity contribution in [3.8, 4) is 0 Å². The molecule has 152 valence electrons. The lowest BCUT2D eigenvalue weighted by Gasteiger charge is -2.24. The van der Waals surface area contributed by atoms with Gasteiger partial charge in [0, 0.05) is 42.7 Å². The predicted molar refractivity (Wildman–Crippen MR) is 100 cm³/mol. The third kappa shape index (κ3) is 3.91. The first-order chi connectivity index (χ1) is 13.1. The Bertz CT molecular complexity index is 916. The van der Waals surface area contributed by atoms with E-state index in [1.165, 1.54) is 12.1 Å². The molecule has 3 rings (SSSR count). The van der Waals surface area contributed by atoms with Gasteiger partial charge in [0.2, 0.25) is 0 Å². The maximum atomic E-state index is 12.9. The highest BCUT2D eigenvalue weighted by atomic mass is 35.5. The highest BCUT2D eigenvalue weighted by molar-refractivity contribution is 7.90. The number of ketones is 3. The third-order valence-corrected chi connectivity index (χ3v) is 6.83. The van der Waals surface area contributed by atoms with Gasteiger partial charge in [0.15, 0.2) is 27.2 Å². The zero-order valence-corrected chi connectivity index (χ0v) is 16.9. The van der Waals surface area contributed by atoms with Gasteiger partial charge in [0.25, 0.3) is 0 Å². The molecule has 0 amide bonds. The molecule has 2 aliphatic rings. The second-order valence-electron chi connectivity index (χ2n) is 7.26. The van der Waals surface area contributed by atoms with E-state index in [2.05, 4.69) is 0 Å². The summed E-state index contributed by atoms with van der Waals surface area (Å²) in [6.07, 6.45) is 0.916. The molecule has 28 heavy (non-hydrogen) atoms. The molecule has 7 nitrogen and oxygen atoms in total. The number of rotatable bonds is 5. The average Bonchev–Trinajstić information content (AvgIpc) is 3.14. The lowest BCUT2D eigenvalue weighted by atomic mass is 9.81. The average molecular weight is 429 g/mol. The van der Waals surface area contributed by atoms with Gasteiger partial charge in [-0.3, -0.25) is 14.4 Å². The largest absolute Gasteiger partial charge is 0.388 e. The van der Waals surface area contributed by atoms with Crippen LogP contribution in [0.25, 0.3) is 0 Å². The second-order valence-corrected chi connectivity index (χ2v) is 9.63. The van der Waals surface area contributed by atoms with E-state index in [1.54, 1.807) is 0 Å². The molecule has 1 saturated heterocycles. The van der Waals surface area contributed by atoms with E-state index in [9.17, 15) is 27.9 Å². The smallest absolute Gasteiger partial charge is 0.182 e. The molecular weight excluding hydrogens is 408 g/mol. The van der Waals surface area contributed by atoms with Crippen molar-refractivity contribution >= 4 is 38.8 Å². The molecule has 1 aliphatic carbocycles. The molecule has 2 fully saturated rings. The Morgan fingerprint density at radius 2 is 1.89 bits per heavy atom. The molecule has 0 aromatic heterocycles. The van der Waals surface area contributed by atoms with E-state index in [-0.39, 0.29) is 46.4 Å². The molecule has 2 atom stereocenters. The molecule has 1 saturated carbocycles. The molecule has 0 bridgehead atoms. The number of carbonyl (C=O) groups excluding carboxylic acids is 3. The van der Waals surface area contributed by atoms with Gasteiger partial charge in [-0.1, -0.05) is 11.6 Å². The van der Waals surface area contributed by atoms with Crippen LogP contribution in [0.2, 0.25) is 5.02 Å². The molecular formula is C19H21ClO7S. The fourth-order valence-corrected chi connectivity index (χ4v) is 5.12. The number of halogens is 1. The minimum absolute atomic E-state index is 0.0822. The minimum Gasteiger partial charge on any atom is -0.388 e. The van der Waals surface area contributed by atoms with Crippen LogP contribution in [0.15, 0.2) is 17.0 Å². The summed E-state index contributed by atoms with van der Waals surface area (Å²) in [5.74, 6) is -3.47. The Balaban J connectivity index is 2.11. The van der Waals surface area contributed by atoms with E-state index < -0.39 is 39.2 Å². The van der Waals surface area contributed by atoms with E-state index in [4.69, 9.17) is 16.3 Å². The molecule has 0 radical (unpaired) electrons. The van der Waals surface area contributed by atoms with Crippen molar-refractivity contribution in [3.63, 3.8) is 0 Å². The summed E-state index contributed by atoms with van der Waals surface area (Å²) in [7, 11) is -3.75. The van der Waals surface area contributed by atoms with Crippen molar-refractivity contribution in [3.05, 3.63) is 28.3 Å². The maximum absolute atomic E-state index is 12.9. The summed E-state index contributed by atoms with van der Waals surface area (Å²) >= 11 is 6.39. The maximum Gasteiger partial charge on any atom is 0.182 e. The lowest BCUT2D eigenvalue weighted by Crippen LogP contribution is -2.35. The van der Waals surface area contributed by atoms with Crippen molar-refractivity contribution in [1.29, 1.82) is 0 Å². The quantitative estimate of drug-likeness (QED) is 0.562. The zero-order valence-electron chi connectivity index (χ0n) is 15.3. The summed E-state index contributed by atoms with van der Waals surface area (Å²) in [5, 5.41) is 10.6. The number of hydrogen-bond donors (Lipinski definition) is 1. The standard InChI is InChI=1S/C19H21ClO7S/c1-28(25,26)14-6-5-11(19(24)15-12(21)3-2-4-13(15)22)17(20)16(14)18(23)10-7-8-27-9-10/h5-6,10,15,18,23H,2-4,7-9H2,1H3. The van der Waals surface area contributed by atoms with Gasteiger partial charge in [-0.2, -0.15) is 0 Å². The van der Waals surface area contributed by atoms with Crippen LogP contribution in [0.4, 0.5) is 0 Å². The van der Waals surface area contributed by atoms with Crippen LogP contribution in [0.1, 0.15) is 47.7 Å². The van der Waals surface area contributed by atoms with Gasteiger partial charge in [0.05, 0.1) is 22.6 Å². The summed E-state index contributed by atoms with van der Waals surface area (Å²) in [4.78, 5) is 37.0. The van der Waals surface area contributed by atoms with Gasteiger partial charge >= 0.3 is 0 Å². The number of ether oxygens (including phenoxy) is 1. The van der Waals surface area contributed by atoms with Crippen LogP contribution in [-0.2, 0) is 24.2 Å². The molecule has 0 spiro atoms. The first-order valence-electron chi connectivity index (χ1n) is 9.00. The number of aliphatic hydroxyl groups excluding tert-OH is 1. The van der Waals surface area contributed by atoms with Crippen LogP contribution < -0.4 is 0 Å². The Kier molecular flexibility index (Phi) is 6.05. The first kappa shape index (κ1) is 21.1. The predicted octanol–water partition coefficient (Wildman–Crippen LogP) is 1.93. The fraction of sp³-hybridized carbons (Fsp3) is 0.526. The van der Waals surface area contributed by atoms with E-state index in [0.29, 0.717) is 19.4 Å². The zero-order chi connectivity index (χ0) is 20.6. The van der Waals surface area contributed by atoms with Crippen LogP contribution >= 0.6 is 11.6 Å². The molecule has 1 heterocycles. The monoisotopic (exact) mass is 428 g/mol. The first-order valence-corrected chi connectivity index (χ1v) is 11.3. The Hall–Kier alpha value is -1.61. The molecule has 1 aromatic carbocycles. The molecule has 1 N–H and O–H groups in total. The molecule has 1 aliphatic heterocycles. The molecule has 9 heteroatoms. The van der Waals surface area contributed by atoms with Crippen molar-refractivity contribution in [2.45, 2.75) is 36.7 Å². The van der Waals surface area contributed by atoms with E-state index >= 15 is 0 Å². The topological polar surface area (TPSA) is 115 Å². The van der Waals surface area contributed by atoms with Crippen molar-refractivity contribution in [2.75, 3.05) is 19.5 Å². The summed E-state index contributed by atoms with van der Waals surface area (Å²) in [6, 6.07) is 2.40. The normalized spacial score (nSPS) is 22.5. The number of Topliss-reactive ketones (excluding diaryl/α,β-unsaturated/α-hetero) is 3. The van der Waals surface area contributed by atoms with Gasteiger partial charge in [-0.25, -0.2) is 8.42 Å². The van der Waals surface area contributed by atoms with Crippen molar-refractivity contribution in [1.82, 2.24) is 0 Å². The van der Waals surface area contributed by atoms with Crippen molar-refractivity contribution < 1.29 is 32.6 Å². The van der Waals surface area contributed by atoms with Crippen LogP contribution in [-0.4, -0.2) is 50.3 Å². The van der Waals surface area contributed by atoms with Crippen LogP contribution in [0.5, 0.6) is 0 Å². The summed E-state index contributed by atoms with van der Waals surface area (Å²) < 4.78 is 29.7. The van der Waals surface area contributed by atoms with Gasteiger partial charge < -0.3 is 9.84 Å². The highest BCUT2D eigenvalue weighted by Gasteiger charge is 2.39. The second kappa shape index (κ2) is 8.02. The summed E-state index contributed by atoms with van der Waals surface area (Å²) in [5.41, 5.74) is -0.211. The van der Waals surface area contributed by atoms with E-state index in [0.717, 1.165) is 6.26 Å². The van der Waals surface area contributed by atoms with Gasteiger partial charge in [0.1, 0.15) is 5.92 Å². The number of aliphatic hydroxyl groups is 1. The minimum atomic E-state index is -3.75. The summed E-state index contributed by atoms with van der Waals surface area (Å²) in [6.45, 7) is 0.662. The Labute approximate surface area is 167 Å².